The molecule has 106 valence electrons. The zero-order chi connectivity index (χ0) is 14.7. The minimum atomic E-state index is -0.160. The summed E-state index contributed by atoms with van der Waals surface area (Å²) >= 11 is 0. The maximum Gasteiger partial charge on any atom is 0.122 e. The second-order valence-corrected chi connectivity index (χ2v) is 5.04. The molecule has 1 heterocycles. The van der Waals surface area contributed by atoms with Crippen LogP contribution < -0.4 is 10.5 Å². The molecule has 0 radical (unpaired) electrons. The number of rotatable bonds is 4. The van der Waals surface area contributed by atoms with Crippen molar-refractivity contribution in [2.75, 3.05) is 7.11 Å². The number of nitrogens with two attached hydrogens (primary N) is 1. The quantitative estimate of drug-likeness (QED) is 0.794. The van der Waals surface area contributed by atoms with Gasteiger partial charge in [0.05, 0.1) is 18.8 Å². The summed E-state index contributed by atoms with van der Waals surface area (Å²) in [6.07, 6.45) is 2.52. The molecule has 3 heteroatoms. The topological polar surface area (TPSA) is 48.1 Å². The van der Waals surface area contributed by atoms with Gasteiger partial charge in [-0.15, -0.1) is 0 Å². The van der Waals surface area contributed by atoms with E-state index in [9.17, 15) is 0 Å². The Labute approximate surface area is 124 Å². The second-order valence-electron chi connectivity index (χ2n) is 5.04. The summed E-state index contributed by atoms with van der Waals surface area (Å²) in [5, 5.41) is 2.28. The van der Waals surface area contributed by atoms with E-state index in [4.69, 9.17) is 10.5 Å². The molecule has 3 nitrogen and oxygen atoms in total. The van der Waals surface area contributed by atoms with Crippen LogP contribution in [-0.2, 0) is 6.42 Å². The maximum atomic E-state index is 6.40. The van der Waals surface area contributed by atoms with Crippen LogP contribution in [0, 0.1) is 0 Å². The molecule has 0 amide bonds. The monoisotopic (exact) mass is 278 g/mol. The zero-order valence-corrected chi connectivity index (χ0v) is 12.0. The van der Waals surface area contributed by atoms with E-state index in [1.54, 1.807) is 7.11 Å². The highest BCUT2D eigenvalue weighted by Gasteiger charge is 2.14. The summed E-state index contributed by atoms with van der Waals surface area (Å²) in [5.74, 6) is 0.869. The highest BCUT2D eigenvalue weighted by atomic mass is 16.5. The molecule has 2 aromatic carbocycles. The van der Waals surface area contributed by atoms with E-state index in [0.29, 0.717) is 6.42 Å². The first kappa shape index (κ1) is 13.6. The van der Waals surface area contributed by atoms with E-state index >= 15 is 0 Å². The van der Waals surface area contributed by atoms with Gasteiger partial charge in [-0.25, -0.2) is 0 Å². The smallest absolute Gasteiger partial charge is 0.122 e. The standard InChI is InChI=1S/C18H18N2O/c1-21-17-9-5-3-7-14(17)12-16(19)18-15-8-4-2-6-13(15)10-11-20-18/h2-11,16H,12,19H2,1H3. The highest BCUT2D eigenvalue weighted by Crippen LogP contribution is 2.26. The molecule has 0 saturated carbocycles. The van der Waals surface area contributed by atoms with Crippen molar-refractivity contribution in [1.82, 2.24) is 4.98 Å². The average Bonchev–Trinajstić information content (AvgIpc) is 2.54. The van der Waals surface area contributed by atoms with Crippen LogP contribution >= 0.6 is 0 Å². The number of ether oxygens (including phenoxy) is 1. The van der Waals surface area contributed by atoms with Crippen LogP contribution in [0.5, 0.6) is 5.75 Å². The van der Waals surface area contributed by atoms with Gasteiger partial charge in [-0.05, 0) is 29.5 Å². The van der Waals surface area contributed by atoms with E-state index in [1.807, 2.05) is 48.7 Å². The number of nitrogens with zero attached hydrogens (tertiary/aromatic N) is 1. The average molecular weight is 278 g/mol. The van der Waals surface area contributed by atoms with Crippen molar-refractivity contribution in [2.45, 2.75) is 12.5 Å². The highest BCUT2D eigenvalue weighted by molar-refractivity contribution is 5.84. The predicted molar refractivity (Wildman–Crippen MR) is 85.4 cm³/mol. The Kier molecular flexibility index (Phi) is 3.84. The minimum absolute atomic E-state index is 0.160. The van der Waals surface area contributed by atoms with Crippen LogP contribution in [-0.4, -0.2) is 12.1 Å². The molecule has 0 bridgehead atoms. The number of hydrogen-bond acceptors (Lipinski definition) is 3. The largest absolute Gasteiger partial charge is 0.496 e. The Morgan fingerprint density at radius 3 is 2.67 bits per heavy atom. The third-order valence-corrected chi connectivity index (χ3v) is 3.69. The van der Waals surface area contributed by atoms with Crippen molar-refractivity contribution >= 4 is 10.8 Å². The lowest BCUT2D eigenvalue weighted by atomic mass is 9.99. The van der Waals surface area contributed by atoms with Gasteiger partial charge < -0.3 is 10.5 Å². The number of benzene rings is 2. The molecule has 0 aliphatic rings. The van der Waals surface area contributed by atoms with Crippen molar-refractivity contribution in [3.05, 3.63) is 72.1 Å². The van der Waals surface area contributed by atoms with E-state index in [0.717, 1.165) is 27.8 Å². The third-order valence-electron chi connectivity index (χ3n) is 3.69. The van der Waals surface area contributed by atoms with Gasteiger partial charge in [-0.3, -0.25) is 4.98 Å². The fourth-order valence-corrected chi connectivity index (χ4v) is 2.64. The first-order valence-electron chi connectivity index (χ1n) is 7.00. The van der Waals surface area contributed by atoms with Gasteiger partial charge in [-0.1, -0.05) is 42.5 Å². The van der Waals surface area contributed by atoms with Crippen molar-refractivity contribution in [3.63, 3.8) is 0 Å². The fraction of sp³-hybridized carbons (Fsp3) is 0.167. The Morgan fingerprint density at radius 1 is 1.05 bits per heavy atom. The summed E-state index contributed by atoms with van der Waals surface area (Å²) in [6.45, 7) is 0. The second kappa shape index (κ2) is 5.94. The number of pyridine rings is 1. The van der Waals surface area contributed by atoms with Gasteiger partial charge in [0.25, 0.3) is 0 Å². The maximum absolute atomic E-state index is 6.40. The van der Waals surface area contributed by atoms with Crippen LogP contribution in [0.1, 0.15) is 17.3 Å². The lowest BCUT2D eigenvalue weighted by Gasteiger charge is -2.15. The third kappa shape index (κ3) is 2.73. The van der Waals surface area contributed by atoms with Crippen LogP contribution in [0.25, 0.3) is 10.8 Å². The van der Waals surface area contributed by atoms with Gasteiger partial charge in [0.2, 0.25) is 0 Å². The first-order valence-corrected chi connectivity index (χ1v) is 7.00. The minimum Gasteiger partial charge on any atom is -0.496 e. The predicted octanol–water partition coefficient (Wildman–Crippen LogP) is 3.49. The van der Waals surface area contributed by atoms with Gasteiger partial charge in [0.1, 0.15) is 5.75 Å². The molecule has 0 fully saturated rings. The van der Waals surface area contributed by atoms with E-state index in [-0.39, 0.29) is 6.04 Å². The van der Waals surface area contributed by atoms with Crippen LogP contribution in [0.2, 0.25) is 0 Å². The molecule has 0 spiro atoms. The molecule has 0 aliphatic carbocycles. The number of fused-ring (bicyclic) bond motifs is 1. The first-order chi connectivity index (χ1) is 10.3. The summed E-state index contributed by atoms with van der Waals surface area (Å²) in [6, 6.07) is 18.0. The van der Waals surface area contributed by atoms with Gasteiger partial charge in [0.15, 0.2) is 0 Å². The number of methoxy groups -OCH3 is 1. The molecule has 2 N–H and O–H groups in total. The molecule has 0 aliphatic heterocycles. The van der Waals surface area contributed by atoms with Gasteiger partial charge in [0, 0.05) is 11.6 Å². The Balaban J connectivity index is 1.96. The Hall–Kier alpha value is -2.39. The van der Waals surface area contributed by atoms with Crippen molar-refractivity contribution in [2.24, 2.45) is 5.73 Å². The van der Waals surface area contributed by atoms with E-state index < -0.39 is 0 Å². The fourth-order valence-electron chi connectivity index (χ4n) is 2.64. The molecule has 0 saturated heterocycles. The molecule has 1 aromatic heterocycles. The van der Waals surface area contributed by atoms with E-state index in [2.05, 4.69) is 17.1 Å². The zero-order valence-electron chi connectivity index (χ0n) is 12.0. The normalized spacial score (nSPS) is 12.3. The summed E-state index contributed by atoms with van der Waals surface area (Å²) < 4.78 is 5.39. The molecule has 1 unspecified atom stereocenters. The summed E-state index contributed by atoms with van der Waals surface area (Å²) in [7, 11) is 1.68. The SMILES string of the molecule is COc1ccccc1CC(N)c1nccc2ccccc12. The lowest BCUT2D eigenvalue weighted by molar-refractivity contribution is 0.408. The van der Waals surface area contributed by atoms with Crippen molar-refractivity contribution in [3.8, 4) is 5.75 Å². The molecule has 3 aromatic rings. The molecule has 1 atom stereocenters. The van der Waals surface area contributed by atoms with Crippen molar-refractivity contribution < 1.29 is 4.74 Å². The van der Waals surface area contributed by atoms with Gasteiger partial charge >= 0.3 is 0 Å². The van der Waals surface area contributed by atoms with Crippen molar-refractivity contribution in [1.29, 1.82) is 0 Å². The van der Waals surface area contributed by atoms with E-state index in [1.165, 1.54) is 0 Å². The van der Waals surface area contributed by atoms with Crippen LogP contribution in [0.15, 0.2) is 60.8 Å². The molecule has 3 rings (SSSR count). The molecule has 21 heavy (non-hydrogen) atoms. The Morgan fingerprint density at radius 2 is 1.81 bits per heavy atom. The number of aromatic nitrogens is 1. The lowest BCUT2D eigenvalue weighted by Crippen LogP contribution is -2.15. The summed E-state index contributed by atoms with van der Waals surface area (Å²) in [4.78, 5) is 4.49. The number of hydrogen-bond donors (Lipinski definition) is 1. The van der Waals surface area contributed by atoms with Gasteiger partial charge in [-0.2, -0.15) is 0 Å². The summed E-state index contributed by atoms with van der Waals surface area (Å²) in [5.41, 5.74) is 8.43. The molecular weight excluding hydrogens is 260 g/mol. The number of para-hydroxylation sites is 1. The Bertz CT molecular complexity index is 750. The molecular formula is C18H18N2O. The van der Waals surface area contributed by atoms with Crippen LogP contribution in [0.3, 0.4) is 0 Å². The van der Waals surface area contributed by atoms with Crippen LogP contribution in [0.4, 0.5) is 0 Å².